The van der Waals surface area contributed by atoms with Crippen LogP contribution in [0.5, 0.6) is 5.75 Å². The minimum atomic E-state index is -0.850. The summed E-state index contributed by atoms with van der Waals surface area (Å²) in [5.41, 5.74) is 1.46. The zero-order valence-electron chi connectivity index (χ0n) is 21.3. The molecule has 0 fully saturated rings. The van der Waals surface area contributed by atoms with Gasteiger partial charge in [0.2, 0.25) is 10.9 Å². The number of nitrogens with zero attached hydrogens (tertiary/aromatic N) is 3. The molecule has 3 heterocycles. The zero-order chi connectivity index (χ0) is 27.1. The molecule has 1 amide bonds. The molecule has 0 spiro atoms. The molecule has 0 aliphatic carbocycles. The Bertz CT molecular complexity index is 1750. The van der Waals surface area contributed by atoms with Gasteiger partial charge in [-0.1, -0.05) is 67.6 Å². The molecular formula is C30H24FN3O4S. The highest BCUT2D eigenvalue weighted by atomic mass is 32.1. The minimum Gasteiger partial charge on any atom is -0.489 e. The fourth-order valence-electron chi connectivity index (χ4n) is 4.75. The molecule has 0 N–H and O–H groups in total. The normalized spacial score (nSPS) is 14.8. The Morgan fingerprint density at radius 2 is 1.85 bits per heavy atom. The van der Waals surface area contributed by atoms with Gasteiger partial charge in [0.1, 0.15) is 28.8 Å². The Morgan fingerprint density at radius 1 is 1.03 bits per heavy atom. The Balaban J connectivity index is 1.47. The van der Waals surface area contributed by atoms with E-state index in [-0.39, 0.29) is 22.3 Å². The van der Waals surface area contributed by atoms with E-state index in [1.54, 1.807) is 6.07 Å². The summed E-state index contributed by atoms with van der Waals surface area (Å²) < 4.78 is 26.1. The molecule has 39 heavy (non-hydrogen) atoms. The molecule has 196 valence electrons. The first-order valence-corrected chi connectivity index (χ1v) is 13.4. The van der Waals surface area contributed by atoms with Crippen molar-refractivity contribution >= 4 is 33.3 Å². The maximum atomic E-state index is 14.1. The van der Waals surface area contributed by atoms with Gasteiger partial charge in [0.05, 0.1) is 17.0 Å². The summed E-state index contributed by atoms with van der Waals surface area (Å²) in [5, 5.41) is 9.82. The number of amides is 1. The number of hydrogen-bond donors (Lipinski definition) is 0. The van der Waals surface area contributed by atoms with Crippen LogP contribution in [0.1, 0.15) is 52.1 Å². The van der Waals surface area contributed by atoms with Crippen LogP contribution in [0.3, 0.4) is 0 Å². The lowest BCUT2D eigenvalue weighted by atomic mass is 9.98. The van der Waals surface area contributed by atoms with E-state index >= 15 is 0 Å². The first kappa shape index (κ1) is 24.9. The van der Waals surface area contributed by atoms with Crippen molar-refractivity contribution in [3.8, 4) is 5.75 Å². The molecule has 1 atom stereocenters. The fourth-order valence-corrected chi connectivity index (χ4v) is 5.82. The molecule has 2 aromatic heterocycles. The predicted molar refractivity (Wildman–Crippen MR) is 147 cm³/mol. The molecule has 3 aromatic carbocycles. The number of halogens is 1. The summed E-state index contributed by atoms with van der Waals surface area (Å²) in [7, 11) is 0. The van der Waals surface area contributed by atoms with Crippen LogP contribution in [0.25, 0.3) is 11.0 Å². The zero-order valence-corrected chi connectivity index (χ0v) is 22.1. The first-order chi connectivity index (χ1) is 18.9. The second-order valence-corrected chi connectivity index (χ2v) is 10.9. The van der Waals surface area contributed by atoms with Crippen molar-refractivity contribution in [3.63, 3.8) is 0 Å². The van der Waals surface area contributed by atoms with Crippen molar-refractivity contribution in [1.29, 1.82) is 0 Å². The summed E-state index contributed by atoms with van der Waals surface area (Å²) in [4.78, 5) is 29.0. The predicted octanol–water partition coefficient (Wildman–Crippen LogP) is 6.31. The molecule has 7 nitrogen and oxygen atoms in total. The van der Waals surface area contributed by atoms with Crippen molar-refractivity contribution in [1.82, 2.24) is 10.2 Å². The van der Waals surface area contributed by atoms with Crippen LogP contribution >= 0.6 is 11.3 Å². The third-order valence-corrected chi connectivity index (χ3v) is 7.44. The van der Waals surface area contributed by atoms with Crippen LogP contribution in [0.2, 0.25) is 0 Å². The maximum absolute atomic E-state index is 14.1. The second-order valence-electron chi connectivity index (χ2n) is 9.82. The van der Waals surface area contributed by atoms with Crippen LogP contribution in [0.4, 0.5) is 9.52 Å². The van der Waals surface area contributed by atoms with Crippen molar-refractivity contribution in [2.24, 2.45) is 5.92 Å². The summed E-state index contributed by atoms with van der Waals surface area (Å²) in [6, 6.07) is 19.8. The van der Waals surface area contributed by atoms with Gasteiger partial charge in [-0.25, -0.2) is 4.39 Å². The van der Waals surface area contributed by atoms with E-state index in [1.165, 1.54) is 28.4 Å². The number of hydrogen-bond acceptors (Lipinski definition) is 7. The molecule has 0 saturated heterocycles. The molecule has 6 rings (SSSR count). The Labute approximate surface area is 227 Å². The minimum absolute atomic E-state index is 0.0719. The number of carbonyl (C=O) groups excluding carboxylic acids is 1. The maximum Gasteiger partial charge on any atom is 0.297 e. The number of rotatable bonds is 7. The van der Waals surface area contributed by atoms with Gasteiger partial charge in [-0.2, -0.15) is 0 Å². The topological polar surface area (TPSA) is 85.5 Å². The van der Waals surface area contributed by atoms with E-state index in [9.17, 15) is 14.0 Å². The van der Waals surface area contributed by atoms with Gasteiger partial charge in [-0.15, -0.1) is 10.2 Å². The lowest BCUT2D eigenvalue weighted by Gasteiger charge is -2.22. The number of benzene rings is 3. The first-order valence-electron chi connectivity index (χ1n) is 12.6. The highest BCUT2D eigenvalue weighted by Crippen LogP contribution is 2.43. The number of anilines is 1. The van der Waals surface area contributed by atoms with Crippen molar-refractivity contribution in [2.75, 3.05) is 4.90 Å². The van der Waals surface area contributed by atoms with Crippen molar-refractivity contribution in [3.05, 3.63) is 116 Å². The van der Waals surface area contributed by atoms with Gasteiger partial charge in [0.25, 0.3) is 5.91 Å². The summed E-state index contributed by atoms with van der Waals surface area (Å²) >= 11 is 1.30. The quantitative estimate of drug-likeness (QED) is 0.240. The van der Waals surface area contributed by atoms with E-state index in [2.05, 4.69) is 24.0 Å². The van der Waals surface area contributed by atoms with Gasteiger partial charge in [-0.05, 0) is 47.4 Å². The molecule has 9 heteroatoms. The van der Waals surface area contributed by atoms with Gasteiger partial charge in [0, 0.05) is 6.42 Å². The van der Waals surface area contributed by atoms with E-state index < -0.39 is 23.2 Å². The summed E-state index contributed by atoms with van der Waals surface area (Å²) in [5.74, 6) is -0.214. The van der Waals surface area contributed by atoms with Crippen molar-refractivity contribution in [2.45, 2.75) is 32.9 Å². The SMILES string of the molecule is CC(C)Cc1nnc(N2C(=O)c3oc4ccc(F)cc4c(=O)c3C2c2cccc(OCc3ccccc3)c2)s1. The van der Waals surface area contributed by atoms with E-state index in [1.807, 2.05) is 48.5 Å². The standard InChI is InChI=1S/C30H24FN3O4S/c1-17(2)13-24-32-33-30(39-24)34-26(19-9-6-10-21(14-19)37-16-18-7-4-3-5-8-18)25-27(35)22-15-20(31)11-12-23(22)38-28(25)29(34)36/h3-12,14-15,17,26H,13,16H2,1-2H3. The fraction of sp³-hybridized carbons (Fsp3) is 0.200. The number of fused-ring (bicyclic) bond motifs is 2. The van der Waals surface area contributed by atoms with E-state index in [0.29, 0.717) is 35.4 Å². The molecule has 5 aromatic rings. The van der Waals surface area contributed by atoms with Gasteiger partial charge in [0.15, 0.2) is 5.43 Å². The van der Waals surface area contributed by atoms with Gasteiger partial charge >= 0.3 is 0 Å². The van der Waals surface area contributed by atoms with Crippen LogP contribution in [-0.4, -0.2) is 16.1 Å². The molecule has 1 aliphatic rings. The van der Waals surface area contributed by atoms with Crippen molar-refractivity contribution < 1.29 is 18.3 Å². The number of ether oxygens (including phenoxy) is 1. The smallest absolute Gasteiger partial charge is 0.297 e. The highest BCUT2D eigenvalue weighted by molar-refractivity contribution is 7.15. The Morgan fingerprint density at radius 3 is 2.64 bits per heavy atom. The summed E-state index contributed by atoms with van der Waals surface area (Å²) in [6.45, 7) is 4.51. The third kappa shape index (κ3) is 4.70. The van der Waals surface area contributed by atoms with Crippen LogP contribution in [0.15, 0.2) is 82.0 Å². The Hall–Kier alpha value is -4.37. The average molecular weight is 542 g/mol. The molecule has 0 bridgehead atoms. The second kappa shape index (κ2) is 10.1. The van der Waals surface area contributed by atoms with Gasteiger partial charge in [-0.3, -0.25) is 14.5 Å². The monoisotopic (exact) mass is 541 g/mol. The number of carbonyl (C=O) groups is 1. The van der Waals surface area contributed by atoms with E-state index in [0.717, 1.165) is 16.6 Å². The third-order valence-electron chi connectivity index (χ3n) is 6.50. The Kier molecular flexibility index (Phi) is 6.44. The van der Waals surface area contributed by atoms with Gasteiger partial charge < -0.3 is 9.15 Å². The van der Waals surface area contributed by atoms with Crippen LogP contribution in [-0.2, 0) is 13.0 Å². The lowest BCUT2D eigenvalue weighted by Crippen LogP contribution is -2.29. The van der Waals surface area contributed by atoms with Crippen LogP contribution < -0.4 is 15.1 Å². The van der Waals surface area contributed by atoms with Crippen LogP contribution in [0, 0.1) is 11.7 Å². The lowest BCUT2D eigenvalue weighted by molar-refractivity contribution is 0.0970. The summed E-state index contributed by atoms with van der Waals surface area (Å²) in [6.07, 6.45) is 0.709. The number of aromatic nitrogens is 2. The molecule has 0 saturated carbocycles. The largest absolute Gasteiger partial charge is 0.489 e. The molecule has 1 unspecified atom stereocenters. The molecule has 1 aliphatic heterocycles. The molecular weight excluding hydrogens is 517 g/mol. The average Bonchev–Trinajstić information content (AvgIpc) is 3.50. The van der Waals surface area contributed by atoms with E-state index in [4.69, 9.17) is 9.15 Å². The highest BCUT2D eigenvalue weighted by Gasteiger charge is 2.45. The molecule has 0 radical (unpaired) electrons.